The third-order valence-corrected chi connectivity index (χ3v) is 6.11. The highest BCUT2D eigenvalue weighted by Crippen LogP contribution is 2.28. The summed E-state index contributed by atoms with van der Waals surface area (Å²) in [5.74, 6) is 0.775. The van der Waals surface area contributed by atoms with E-state index in [4.69, 9.17) is 4.98 Å². The second-order valence-electron chi connectivity index (χ2n) is 8.68. The van der Waals surface area contributed by atoms with E-state index in [1.54, 1.807) is 11.6 Å². The third kappa shape index (κ3) is 3.86. The van der Waals surface area contributed by atoms with Gasteiger partial charge in [0.05, 0.1) is 16.7 Å². The summed E-state index contributed by atoms with van der Waals surface area (Å²) in [7, 11) is 1.76. The standard InChI is InChI=1S/C26H25N5O2/c1-16-12-23(32)28-29-24(16)19-9-10-22-21(13-19)27-25(20-11-17(2)26(33)30(3)15-20)31(22)14-18-7-5-4-6-8-18/h4-11,13,15-16H,12,14H2,1-3H3,(H,28,32). The van der Waals surface area contributed by atoms with Crippen LogP contribution in [0.3, 0.4) is 0 Å². The molecule has 0 radical (unpaired) electrons. The Labute approximate surface area is 191 Å². The molecule has 0 spiro atoms. The van der Waals surface area contributed by atoms with Crippen molar-refractivity contribution in [1.29, 1.82) is 0 Å². The van der Waals surface area contributed by atoms with Crippen molar-refractivity contribution in [3.8, 4) is 11.4 Å². The number of hydrogen-bond donors (Lipinski definition) is 1. The average Bonchev–Trinajstić information content (AvgIpc) is 3.15. The molecule has 7 heteroatoms. The van der Waals surface area contributed by atoms with Crippen LogP contribution in [0.4, 0.5) is 0 Å². The summed E-state index contributed by atoms with van der Waals surface area (Å²) in [4.78, 5) is 28.9. The third-order valence-electron chi connectivity index (χ3n) is 6.11. The molecule has 2 aromatic carbocycles. The Morgan fingerprint density at radius 1 is 1.06 bits per heavy atom. The van der Waals surface area contributed by atoms with Gasteiger partial charge in [-0.1, -0.05) is 43.3 Å². The minimum Gasteiger partial charge on any atom is -0.319 e. The maximum atomic E-state index is 12.3. The van der Waals surface area contributed by atoms with Crippen LogP contribution in [0.25, 0.3) is 22.4 Å². The monoisotopic (exact) mass is 439 g/mol. The fraction of sp³-hybridized carbons (Fsp3) is 0.231. The molecule has 1 unspecified atom stereocenters. The van der Waals surface area contributed by atoms with Crippen molar-refractivity contribution in [2.24, 2.45) is 18.1 Å². The van der Waals surface area contributed by atoms with Gasteiger partial charge in [0.1, 0.15) is 5.82 Å². The number of hydrazone groups is 1. The number of benzene rings is 2. The Balaban J connectivity index is 1.68. The Kier molecular flexibility index (Phi) is 5.17. The number of nitrogens with one attached hydrogen (secondary N) is 1. The summed E-state index contributed by atoms with van der Waals surface area (Å²) in [6.45, 7) is 4.49. The zero-order valence-electron chi connectivity index (χ0n) is 18.9. The fourth-order valence-electron chi connectivity index (χ4n) is 4.44. The minimum absolute atomic E-state index is 0.0156. The van der Waals surface area contributed by atoms with Crippen molar-refractivity contribution in [3.63, 3.8) is 0 Å². The summed E-state index contributed by atoms with van der Waals surface area (Å²) in [6, 6.07) is 18.3. The van der Waals surface area contributed by atoms with Crippen LogP contribution >= 0.6 is 0 Å². The molecule has 0 fully saturated rings. The highest BCUT2D eigenvalue weighted by molar-refractivity contribution is 6.07. The molecule has 0 bridgehead atoms. The van der Waals surface area contributed by atoms with E-state index in [1.807, 2.05) is 56.4 Å². The first-order valence-electron chi connectivity index (χ1n) is 11.0. The largest absolute Gasteiger partial charge is 0.319 e. The van der Waals surface area contributed by atoms with Gasteiger partial charge in [0.2, 0.25) is 5.91 Å². The maximum absolute atomic E-state index is 12.3. The normalized spacial score (nSPS) is 16.0. The summed E-state index contributed by atoms with van der Waals surface area (Å²) < 4.78 is 3.78. The van der Waals surface area contributed by atoms with E-state index in [1.165, 1.54) is 0 Å². The van der Waals surface area contributed by atoms with Gasteiger partial charge in [0.15, 0.2) is 0 Å². The van der Waals surface area contributed by atoms with Gasteiger partial charge in [0.25, 0.3) is 5.56 Å². The lowest BCUT2D eigenvalue weighted by Gasteiger charge is -2.19. The number of imidazole rings is 1. The number of carbonyl (C=O) groups is 1. The molecule has 1 atom stereocenters. The van der Waals surface area contributed by atoms with E-state index < -0.39 is 0 Å². The van der Waals surface area contributed by atoms with Crippen molar-refractivity contribution in [2.45, 2.75) is 26.8 Å². The molecule has 1 N–H and O–H groups in total. The number of hydrogen-bond acceptors (Lipinski definition) is 4. The summed E-state index contributed by atoms with van der Waals surface area (Å²) in [5, 5.41) is 4.30. The quantitative estimate of drug-likeness (QED) is 0.527. The smallest absolute Gasteiger partial charge is 0.253 e. The molecule has 1 aliphatic heterocycles. The number of fused-ring (bicyclic) bond motifs is 1. The number of pyridine rings is 1. The fourth-order valence-corrected chi connectivity index (χ4v) is 4.44. The molecule has 2 aromatic heterocycles. The second-order valence-corrected chi connectivity index (χ2v) is 8.68. The Morgan fingerprint density at radius 2 is 1.85 bits per heavy atom. The van der Waals surface area contributed by atoms with E-state index >= 15 is 0 Å². The first-order valence-corrected chi connectivity index (χ1v) is 11.0. The molecule has 3 heterocycles. The Hall–Kier alpha value is -4.00. The van der Waals surface area contributed by atoms with Crippen LogP contribution in [-0.4, -0.2) is 25.7 Å². The highest BCUT2D eigenvalue weighted by Gasteiger charge is 2.23. The van der Waals surface area contributed by atoms with Crippen LogP contribution in [0.5, 0.6) is 0 Å². The van der Waals surface area contributed by atoms with Crippen LogP contribution < -0.4 is 11.0 Å². The molecule has 1 amide bonds. The molecule has 5 rings (SSSR count). The Bertz CT molecular complexity index is 1440. The van der Waals surface area contributed by atoms with Gasteiger partial charge in [0, 0.05) is 48.8 Å². The molecule has 7 nitrogen and oxygen atoms in total. The van der Waals surface area contributed by atoms with Gasteiger partial charge in [-0.25, -0.2) is 10.4 Å². The summed E-state index contributed by atoms with van der Waals surface area (Å²) in [6.07, 6.45) is 2.25. The minimum atomic E-state index is -0.0631. The lowest BCUT2D eigenvalue weighted by Crippen LogP contribution is -2.31. The molecule has 1 aliphatic rings. The van der Waals surface area contributed by atoms with Crippen LogP contribution in [0.2, 0.25) is 0 Å². The first kappa shape index (κ1) is 20.9. The van der Waals surface area contributed by atoms with E-state index in [9.17, 15) is 9.59 Å². The summed E-state index contributed by atoms with van der Waals surface area (Å²) in [5.41, 5.74) is 8.95. The van der Waals surface area contributed by atoms with Gasteiger partial charge in [-0.3, -0.25) is 9.59 Å². The number of aromatic nitrogens is 3. The summed E-state index contributed by atoms with van der Waals surface area (Å²) >= 11 is 0. The number of nitrogens with zero attached hydrogens (tertiary/aromatic N) is 4. The van der Waals surface area contributed by atoms with Crippen molar-refractivity contribution < 1.29 is 4.79 Å². The Morgan fingerprint density at radius 3 is 2.58 bits per heavy atom. The number of carbonyl (C=O) groups excluding carboxylic acids is 1. The predicted molar refractivity (Wildman–Crippen MR) is 129 cm³/mol. The van der Waals surface area contributed by atoms with Crippen molar-refractivity contribution >= 4 is 22.7 Å². The molecule has 0 aliphatic carbocycles. The van der Waals surface area contributed by atoms with E-state index in [0.29, 0.717) is 18.5 Å². The molecule has 0 saturated carbocycles. The number of aryl methyl sites for hydroxylation is 2. The van der Waals surface area contributed by atoms with Gasteiger partial charge < -0.3 is 9.13 Å². The lowest BCUT2D eigenvalue weighted by atomic mass is 9.94. The van der Waals surface area contributed by atoms with Crippen molar-refractivity contribution in [1.82, 2.24) is 19.5 Å². The van der Waals surface area contributed by atoms with Crippen molar-refractivity contribution in [3.05, 3.63) is 87.8 Å². The molecule has 4 aromatic rings. The van der Waals surface area contributed by atoms with Crippen LogP contribution in [0.15, 0.2) is 70.7 Å². The molecular weight excluding hydrogens is 414 g/mol. The maximum Gasteiger partial charge on any atom is 0.253 e. The van der Waals surface area contributed by atoms with Crippen LogP contribution in [-0.2, 0) is 18.4 Å². The van der Waals surface area contributed by atoms with Gasteiger partial charge in [-0.15, -0.1) is 0 Å². The SMILES string of the molecule is Cc1cc(-c2nc3cc(C4=NNC(=O)CC4C)ccc3n2Cc2ccccc2)cn(C)c1=O. The van der Waals surface area contributed by atoms with Gasteiger partial charge >= 0.3 is 0 Å². The zero-order valence-corrected chi connectivity index (χ0v) is 18.9. The van der Waals surface area contributed by atoms with E-state index in [0.717, 1.165) is 39.3 Å². The predicted octanol–water partition coefficient (Wildman–Crippen LogP) is 3.62. The first-order chi connectivity index (χ1) is 15.9. The van der Waals surface area contributed by atoms with E-state index in [-0.39, 0.29) is 17.4 Å². The van der Waals surface area contributed by atoms with Crippen LogP contribution in [0, 0.1) is 12.8 Å². The number of amides is 1. The molecule has 166 valence electrons. The molecular formula is C26H25N5O2. The van der Waals surface area contributed by atoms with Gasteiger partial charge in [-0.2, -0.15) is 5.10 Å². The highest BCUT2D eigenvalue weighted by atomic mass is 16.2. The van der Waals surface area contributed by atoms with E-state index in [2.05, 4.69) is 33.3 Å². The zero-order chi connectivity index (χ0) is 23.1. The van der Waals surface area contributed by atoms with Gasteiger partial charge in [-0.05, 0) is 30.7 Å². The molecule has 0 saturated heterocycles. The average molecular weight is 440 g/mol. The van der Waals surface area contributed by atoms with Crippen molar-refractivity contribution in [2.75, 3.05) is 0 Å². The molecule has 33 heavy (non-hydrogen) atoms. The number of rotatable bonds is 4. The van der Waals surface area contributed by atoms with Crippen LogP contribution in [0.1, 0.15) is 30.0 Å². The second kappa shape index (κ2) is 8.16. The topological polar surface area (TPSA) is 81.3 Å². The lowest BCUT2D eigenvalue weighted by molar-refractivity contribution is -0.121.